The van der Waals surface area contributed by atoms with Gasteiger partial charge in [-0.05, 0) is 50.5 Å². The van der Waals surface area contributed by atoms with Gasteiger partial charge in [0.05, 0.1) is 0 Å². The zero-order chi connectivity index (χ0) is 14.2. The molecular formula is C17H33N3. The van der Waals surface area contributed by atoms with Crippen LogP contribution in [0.25, 0.3) is 0 Å². The molecule has 0 spiro atoms. The molecule has 0 amide bonds. The van der Waals surface area contributed by atoms with E-state index >= 15 is 0 Å². The topological polar surface area (TPSA) is 32.5 Å². The Morgan fingerprint density at radius 1 is 1.00 bits per heavy atom. The van der Waals surface area contributed by atoms with Gasteiger partial charge in [0.2, 0.25) is 0 Å². The molecule has 2 saturated heterocycles. The monoisotopic (exact) mass is 279 g/mol. The van der Waals surface area contributed by atoms with Crippen LogP contribution in [0.3, 0.4) is 0 Å². The molecule has 0 aromatic rings. The maximum Gasteiger partial charge on any atom is 0.0333 e. The summed E-state index contributed by atoms with van der Waals surface area (Å²) in [7, 11) is 0. The molecule has 0 bridgehead atoms. The van der Waals surface area contributed by atoms with E-state index in [2.05, 4.69) is 23.6 Å². The van der Waals surface area contributed by atoms with Crippen LogP contribution in [0, 0.1) is 5.41 Å². The highest BCUT2D eigenvalue weighted by atomic mass is 15.3. The van der Waals surface area contributed by atoms with E-state index in [4.69, 9.17) is 5.73 Å². The number of fused-ring (bicyclic) bond motifs is 1. The minimum absolute atomic E-state index is 0.319. The molecule has 3 nitrogen and oxygen atoms in total. The molecule has 20 heavy (non-hydrogen) atoms. The van der Waals surface area contributed by atoms with Crippen LogP contribution in [0.4, 0.5) is 0 Å². The maximum absolute atomic E-state index is 6.27. The van der Waals surface area contributed by atoms with Crippen molar-refractivity contribution in [1.82, 2.24) is 9.80 Å². The van der Waals surface area contributed by atoms with Gasteiger partial charge in [-0.1, -0.05) is 20.3 Å². The number of nitrogens with two attached hydrogens (primary N) is 1. The molecule has 3 heteroatoms. The fourth-order valence-electron chi connectivity index (χ4n) is 4.63. The van der Waals surface area contributed by atoms with Crippen LogP contribution < -0.4 is 5.73 Å². The standard InChI is InChI=1S/C17H33N3/c1-16(2)6-8-17(14-18,9-7-16)20-12-11-19-10-4-3-5-15(19)13-20/h15H,3-14,18H2,1-2H3. The van der Waals surface area contributed by atoms with Gasteiger partial charge < -0.3 is 5.73 Å². The Morgan fingerprint density at radius 3 is 2.45 bits per heavy atom. The number of hydrogen-bond acceptors (Lipinski definition) is 3. The molecule has 2 N–H and O–H groups in total. The van der Waals surface area contributed by atoms with Crippen LogP contribution in [-0.4, -0.2) is 54.1 Å². The van der Waals surface area contributed by atoms with E-state index in [0.29, 0.717) is 11.0 Å². The quantitative estimate of drug-likeness (QED) is 0.843. The average Bonchev–Trinajstić information content (AvgIpc) is 2.47. The Morgan fingerprint density at radius 2 is 1.75 bits per heavy atom. The minimum atomic E-state index is 0.319. The first-order valence-corrected chi connectivity index (χ1v) is 8.74. The Hall–Kier alpha value is -0.120. The molecule has 1 atom stereocenters. The molecule has 3 fully saturated rings. The molecule has 0 radical (unpaired) electrons. The third kappa shape index (κ3) is 2.77. The van der Waals surface area contributed by atoms with Crippen molar-refractivity contribution in [2.75, 3.05) is 32.7 Å². The van der Waals surface area contributed by atoms with Crippen molar-refractivity contribution in [2.24, 2.45) is 11.1 Å². The summed E-state index contributed by atoms with van der Waals surface area (Å²) in [5, 5.41) is 0. The lowest BCUT2D eigenvalue weighted by Crippen LogP contribution is -2.64. The summed E-state index contributed by atoms with van der Waals surface area (Å²) in [6.45, 7) is 10.8. The van der Waals surface area contributed by atoms with Crippen molar-refractivity contribution in [2.45, 2.75) is 70.4 Å². The summed E-state index contributed by atoms with van der Waals surface area (Å²) in [4.78, 5) is 5.52. The first kappa shape index (κ1) is 14.8. The van der Waals surface area contributed by atoms with Gasteiger partial charge in [0.1, 0.15) is 0 Å². The van der Waals surface area contributed by atoms with Gasteiger partial charge in [0.15, 0.2) is 0 Å². The second kappa shape index (κ2) is 5.58. The zero-order valence-corrected chi connectivity index (χ0v) is 13.5. The second-order valence-electron chi connectivity index (χ2n) is 8.22. The van der Waals surface area contributed by atoms with Crippen molar-refractivity contribution in [3.8, 4) is 0 Å². The largest absolute Gasteiger partial charge is 0.329 e. The number of hydrogen-bond donors (Lipinski definition) is 1. The predicted octanol–water partition coefficient (Wildman–Crippen LogP) is 2.45. The molecule has 116 valence electrons. The van der Waals surface area contributed by atoms with Gasteiger partial charge in [0.25, 0.3) is 0 Å². The van der Waals surface area contributed by atoms with E-state index in [1.54, 1.807) is 0 Å². The molecule has 2 aliphatic heterocycles. The van der Waals surface area contributed by atoms with Crippen LogP contribution in [0.15, 0.2) is 0 Å². The zero-order valence-electron chi connectivity index (χ0n) is 13.5. The third-order valence-corrected chi connectivity index (χ3v) is 6.42. The molecule has 3 rings (SSSR count). The number of piperazine rings is 1. The first-order valence-electron chi connectivity index (χ1n) is 8.74. The lowest BCUT2D eigenvalue weighted by molar-refractivity contribution is -0.0397. The SMILES string of the molecule is CC1(C)CCC(CN)(N2CCN3CCCCC3C2)CC1. The van der Waals surface area contributed by atoms with Crippen LogP contribution in [0.1, 0.15) is 58.8 Å². The predicted molar refractivity (Wildman–Crippen MR) is 84.8 cm³/mol. The van der Waals surface area contributed by atoms with E-state index in [0.717, 1.165) is 12.6 Å². The summed E-state index contributed by atoms with van der Waals surface area (Å²) >= 11 is 0. The van der Waals surface area contributed by atoms with Crippen molar-refractivity contribution in [1.29, 1.82) is 0 Å². The molecule has 1 saturated carbocycles. The number of rotatable bonds is 2. The molecule has 2 heterocycles. The maximum atomic E-state index is 6.27. The third-order valence-electron chi connectivity index (χ3n) is 6.42. The smallest absolute Gasteiger partial charge is 0.0333 e. The number of piperidine rings is 1. The van der Waals surface area contributed by atoms with Gasteiger partial charge in [0, 0.05) is 37.8 Å². The molecule has 3 aliphatic rings. The summed E-state index contributed by atoms with van der Waals surface area (Å²) in [5.41, 5.74) is 7.12. The van der Waals surface area contributed by atoms with Crippen molar-refractivity contribution < 1.29 is 0 Å². The second-order valence-corrected chi connectivity index (χ2v) is 8.22. The fraction of sp³-hybridized carbons (Fsp3) is 1.00. The summed E-state index contributed by atoms with van der Waals surface area (Å²) < 4.78 is 0. The van der Waals surface area contributed by atoms with Gasteiger partial charge in [-0.25, -0.2) is 0 Å². The first-order chi connectivity index (χ1) is 9.55. The highest BCUT2D eigenvalue weighted by Crippen LogP contribution is 2.43. The molecular weight excluding hydrogens is 246 g/mol. The van der Waals surface area contributed by atoms with Gasteiger partial charge in [-0.3, -0.25) is 9.80 Å². The Bertz CT molecular complexity index is 329. The fourth-order valence-corrected chi connectivity index (χ4v) is 4.63. The summed E-state index contributed by atoms with van der Waals surface area (Å²) in [5.74, 6) is 0. The van der Waals surface area contributed by atoms with Crippen molar-refractivity contribution >= 4 is 0 Å². The van der Waals surface area contributed by atoms with E-state index in [1.807, 2.05) is 0 Å². The van der Waals surface area contributed by atoms with E-state index in [-0.39, 0.29) is 0 Å². The van der Waals surface area contributed by atoms with Crippen molar-refractivity contribution in [3.05, 3.63) is 0 Å². The van der Waals surface area contributed by atoms with E-state index < -0.39 is 0 Å². The average molecular weight is 279 g/mol. The highest BCUT2D eigenvalue weighted by molar-refractivity contribution is 5.01. The van der Waals surface area contributed by atoms with Gasteiger partial charge in [-0.15, -0.1) is 0 Å². The molecule has 1 aliphatic carbocycles. The van der Waals surface area contributed by atoms with E-state index in [9.17, 15) is 0 Å². The van der Waals surface area contributed by atoms with Crippen LogP contribution in [-0.2, 0) is 0 Å². The summed E-state index contributed by atoms with van der Waals surface area (Å²) in [6, 6.07) is 0.816. The van der Waals surface area contributed by atoms with Gasteiger partial charge >= 0.3 is 0 Å². The summed E-state index contributed by atoms with van der Waals surface area (Å²) in [6.07, 6.45) is 9.55. The number of nitrogens with zero attached hydrogens (tertiary/aromatic N) is 2. The molecule has 0 aromatic heterocycles. The van der Waals surface area contributed by atoms with Crippen LogP contribution >= 0.6 is 0 Å². The van der Waals surface area contributed by atoms with Crippen molar-refractivity contribution in [3.63, 3.8) is 0 Å². The minimum Gasteiger partial charge on any atom is -0.329 e. The highest BCUT2D eigenvalue weighted by Gasteiger charge is 2.44. The van der Waals surface area contributed by atoms with E-state index in [1.165, 1.54) is 71.1 Å². The Labute approximate surface area is 124 Å². The molecule has 1 unspecified atom stereocenters. The van der Waals surface area contributed by atoms with Crippen LogP contribution in [0.5, 0.6) is 0 Å². The Balaban J connectivity index is 1.67. The van der Waals surface area contributed by atoms with Crippen LogP contribution in [0.2, 0.25) is 0 Å². The normalized spacial score (nSPS) is 34.6. The lowest BCUT2D eigenvalue weighted by atomic mass is 9.68. The van der Waals surface area contributed by atoms with Gasteiger partial charge in [-0.2, -0.15) is 0 Å². The lowest BCUT2D eigenvalue weighted by Gasteiger charge is -2.54. The molecule has 0 aromatic carbocycles. The Kier molecular flexibility index (Phi) is 4.13.